The molecule has 2 N–H and O–H groups in total. The molecule has 4 heteroatoms. The van der Waals surface area contributed by atoms with Gasteiger partial charge in [0.1, 0.15) is 5.82 Å². The summed E-state index contributed by atoms with van der Waals surface area (Å²) in [6.45, 7) is 9.58. The van der Waals surface area contributed by atoms with E-state index >= 15 is 0 Å². The van der Waals surface area contributed by atoms with Gasteiger partial charge in [0, 0.05) is 43.1 Å². The molecule has 0 amide bonds. The summed E-state index contributed by atoms with van der Waals surface area (Å²) in [7, 11) is 2.06. The summed E-state index contributed by atoms with van der Waals surface area (Å²) in [4.78, 5) is 7.07. The highest BCUT2D eigenvalue weighted by Gasteiger charge is 2.56. The third-order valence-corrected chi connectivity index (χ3v) is 7.39. The molecule has 24 heavy (non-hydrogen) atoms. The van der Waals surface area contributed by atoms with E-state index in [-0.39, 0.29) is 0 Å². The lowest BCUT2D eigenvalue weighted by molar-refractivity contribution is -0.105. The van der Waals surface area contributed by atoms with Crippen LogP contribution in [0.15, 0.2) is 18.3 Å². The number of aromatic nitrogens is 1. The Kier molecular flexibility index (Phi) is 3.98. The molecule has 3 aliphatic carbocycles. The van der Waals surface area contributed by atoms with E-state index in [0.29, 0.717) is 17.5 Å². The zero-order valence-corrected chi connectivity index (χ0v) is 15.5. The van der Waals surface area contributed by atoms with Crippen LogP contribution in [0.25, 0.3) is 0 Å². The van der Waals surface area contributed by atoms with Gasteiger partial charge >= 0.3 is 0 Å². The number of hydrogen-bond donors (Lipinski definition) is 2. The molecule has 5 atom stereocenters. The van der Waals surface area contributed by atoms with E-state index in [1.54, 1.807) is 0 Å². The summed E-state index contributed by atoms with van der Waals surface area (Å²) < 4.78 is 0. The van der Waals surface area contributed by atoms with Crippen molar-refractivity contribution in [2.24, 2.45) is 23.2 Å². The Bertz CT molecular complexity index is 599. The van der Waals surface area contributed by atoms with Crippen LogP contribution in [-0.4, -0.2) is 37.2 Å². The van der Waals surface area contributed by atoms with Crippen molar-refractivity contribution < 1.29 is 0 Å². The van der Waals surface area contributed by atoms with Crippen LogP contribution in [0.5, 0.6) is 0 Å². The predicted octanol–water partition coefficient (Wildman–Crippen LogP) is 3.36. The fourth-order valence-corrected chi connectivity index (χ4v) is 5.46. The lowest BCUT2D eigenvalue weighted by atomic mass is 9.45. The predicted molar refractivity (Wildman–Crippen MR) is 100 cm³/mol. The number of likely N-dealkylation sites (N-methyl/N-ethyl adjacent to an activating group) is 1. The van der Waals surface area contributed by atoms with Crippen molar-refractivity contribution >= 4 is 11.5 Å². The number of nitrogens with zero attached hydrogens (tertiary/aromatic N) is 2. The van der Waals surface area contributed by atoms with Crippen molar-refractivity contribution in [1.82, 2.24) is 10.3 Å². The summed E-state index contributed by atoms with van der Waals surface area (Å²) in [5.74, 6) is 3.54. The van der Waals surface area contributed by atoms with E-state index in [1.807, 2.05) is 6.20 Å². The Labute approximate surface area is 146 Å². The van der Waals surface area contributed by atoms with E-state index in [0.717, 1.165) is 36.7 Å². The Morgan fingerprint density at radius 1 is 1.29 bits per heavy atom. The Hall–Kier alpha value is -1.29. The van der Waals surface area contributed by atoms with Crippen molar-refractivity contribution in [1.29, 1.82) is 0 Å². The molecule has 4 nitrogen and oxygen atoms in total. The molecule has 4 fully saturated rings. The van der Waals surface area contributed by atoms with Gasteiger partial charge in [0.05, 0.1) is 0 Å². The van der Waals surface area contributed by atoms with E-state index in [4.69, 9.17) is 0 Å². The first-order valence-electron chi connectivity index (χ1n) is 9.64. The number of rotatable bonds is 4. The number of hydrogen-bond acceptors (Lipinski definition) is 4. The molecule has 132 valence electrons. The monoisotopic (exact) mass is 328 g/mol. The van der Waals surface area contributed by atoms with Crippen LogP contribution in [0.3, 0.4) is 0 Å². The quantitative estimate of drug-likeness (QED) is 0.889. The number of pyridine rings is 1. The molecule has 2 bridgehead atoms. The smallest absolute Gasteiger partial charge is 0.128 e. The molecule has 1 saturated heterocycles. The lowest BCUT2D eigenvalue weighted by Crippen LogP contribution is -2.58. The van der Waals surface area contributed by atoms with Gasteiger partial charge < -0.3 is 15.5 Å². The fraction of sp³-hybridized carbons (Fsp3) is 0.750. The fourth-order valence-electron chi connectivity index (χ4n) is 5.46. The second kappa shape index (κ2) is 5.91. The summed E-state index contributed by atoms with van der Waals surface area (Å²) in [6.07, 6.45) is 5.91. The third-order valence-electron chi connectivity index (χ3n) is 7.39. The highest BCUT2D eigenvalue weighted by Crippen LogP contribution is 2.61. The van der Waals surface area contributed by atoms with Gasteiger partial charge in [0.15, 0.2) is 0 Å². The van der Waals surface area contributed by atoms with E-state index < -0.39 is 0 Å². The largest absolute Gasteiger partial charge is 0.370 e. The summed E-state index contributed by atoms with van der Waals surface area (Å²) >= 11 is 0. The average molecular weight is 329 g/mol. The molecule has 2 unspecified atom stereocenters. The van der Waals surface area contributed by atoms with Crippen molar-refractivity contribution in [3.8, 4) is 0 Å². The molecule has 0 aromatic carbocycles. The minimum absolute atomic E-state index is 0.546. The average Bonchev–Trinajstić information content (AvgIpc) is 3.05. The molecule has 4 aliphatic rings. The number of nitrogens with one attached hydrogen (secondary N) is 2. The van der Waals surface area contributed by atoms with Crippen molar-refractivity contribution in [3.05, 3.63) is 18.3 Å². The highest BCUT2D eigenvalue weighted by atomic mass is 15.2. The van der Waals surface area contributed by atoms with Crippen LogP contribution in [0.2, 0.25) is 0 Å². The van der Waals surface area contributed by atoms with Gasteiger partial charge in [-0.25, -0.2) is 4.98 Å². The van der Waals surface area contributed by atoms with Gasteiger partial charge in [-0.2, -0.15) is 0 Å². The van der Waals surface area contributed by atoms with Crippen LogP contribution in [0.4, 0.5) is 11.5 Å². The SMILES string of the molecule is CN[C@H]1CCN(c2ccnc(NC3C[C@@H]4C[C@@H](C3C)C4(C)C)c2)C1. The first-order chi connectivity index (χ1) is 11.5. The van der Waals surface area contributed by atoms with Gasteiger partial charge in [0.2, 0.25) is 0 Å². The topological polar surface area (TPSA) is 40.2 Å². The van der Waals surface area contributed by atoms with Gasteiger partial charge in [-0.05, 0) is 55.5 Å². The van der Waals surface area contributed by atoms with E-state index in [9.17, 15) is 0 Å². The van der Waals surface area contributed by atoms with Crippen molar-refractivity contribution in [3.63, 3.8) is 0 Å². The molecule has 1 aromatic heterocycles. The molecular formula is C20H32N4. The molecule has 2 heterocycles. The second-order valence-corrected chi connectivity index (χ2v) is 8.83. The van der Waals surface area contributed by atoms with Crippen LogP contribution in [0.1, 0.15) is 40.0 Å². The standard InChI is InChI=1S/C20H32N4/c1-13-17-9-14(20(17,2)3)10-18(13)23-19-11-16(5-7-22-19)24-8-6-15(12-24)21-4/h5,7,11,13-15,17-18,21H,6,8-10,12H2,1-4H3,(H,22,23)/t13?,14-,15-,17-,18?/m0/s1. The highest BCUT2D eigenvalue weighted by molar-refractivity contribution is 5.55. The molecule has 0 radical (unpaired) electrons. The minimum atomic E-state index is 0.546. The van der Waals surface area contributed by atoms with Gasteiger partial charge in [-0.15, -0.1) is 0 Å². The van der Waals surface area contributed by atoms with Crippen molar-refractivity contribution in [2.45, 2.75) is 52.1 Å². The van der Waals surface area contributed by atoms with Crippen LogP contribution in [-0.2, 0) is 0 Å². The third kappa shape index (κ3) is 2.59. The van der Waals surface area contributed by atoms with Crippen molar-refractivity contribution in [2.75, 3.05) is 30.4 Å². The van der Waals surface area contributed by atoms with Crippen LogP contribution in [0, 0.1) is 23.2 Å². The summed E-state index contributed by atoms with van der Waals surface area (Å²) in [6, 6.07) is 5.58. The van der Waals surface area contributed by atoms with Gasteiger partial charge in [-0.3, -0.25) is 0 Å². The van der Waals surface area contributed by atoms with Crippen LogP contribution < -0.4 is 15.5 Å². The van der Waals surface area contributed by atoms with Gasteiger partial charge in [0.25, 0.3) is 0 Å². The molecule has 1 aliphatic heterocycles. The molecule has 5 rings (SSSR count). The molecule has 0 spiro atoms. The molecule has 3 saturated carbocycles. The zero-order valence-electron chi connectivity index (χ0n) is 15.5. The normalized spacial score (nSPS) is 37.2. The maximum atomic E-state index is 4.60. The molecular weight excluding hydrogens is 296 g/mol. The minimum Gasteiger partial charge on any atom is -0.370 e. The second-order valence-electron chi connectivity index (χ2n) is 8.83. The lowest BCUT2D eigenvalue weighted by Gasteiger charge is -2.62. The van der Waals surface area contributed by atoms with Gasteiger partial charge in [-0.1, -0.05) is 20.8 Å². The molecule has 1 aromatic rings. The Balaban J connectivity index is 1.44. The van der Waals surface area contributed by atoms with Crippen LogP contribution >= 0.6 is 0 Å². The summed E-state index contributed by atoms with van der Waals surface area (Å²) in [5.41, 5.74) is 1.85. The number of anilines is 2. The number of fused-ring (bicyclic) bond motifs is 2. The van der Waals surface area contributed by atoms with E-state index in [1.165, 1.54) is 24.9 Å². The Morgan fingerprint density at radius 2 is 2.12 bits per heavy atom. The first-order valence-corrected chi connectivity index (χ1v) is 9.64. The maximum absolute atomic E-state index is 4.60. The summed E-state index contributed by atoms with van der Waals surface area (Å²) in [5, 5.41) is 7.16. The Morgan fingerprint density at radius 3 is 2.79 bits per heavy atom. The zero-order chi connectivity index (χ0) is 16.9. The van der Waals surface area contributed by atoms with E-state index in [2.05, 4.69) is 60.5 Å². The first kappa shape index (κ1) is 16.2. The maximum Gasteiger partial charge on any atom is 0.128 e.